The second-order valence-corrected chi connectivity index (χ2v) is 6.15. The molecule has 0 heterocycles. The maximum Gasteiger partial charge on any atom is 0.161 e. The van der Waals surface area contributed by atoms with Crippen LogP contribution in [0.3, 0.4) is 0 Å². The molecular formula is C17H27NO2. The van der Waals surface area contributed by atoms with Crippen LogP contribution in [0, 0.1) is 12.3 Å². The van der Waals surface area contributed by atoms with Crippen LogP contribution in [-0.2, 0) is 0 Å². The van der Waals surface area contributed by atoms with Crippen LogP contribution in [0.15, 0.2) is 12.1 Å². The normalized spacial score (nSPS) is 18.9. The van der Waals surface area contributed by atoms with Gasteiger partial charge in [0.2, 0.25) is 0 Å². The Labute approximate surface area is 122 Å². The third-order valence-electron chi connectivity index (χ3n) is 4.81. The number of ether oxygens (including phenoxy) is 2. The maximum absolute atomic E-state index is 5.47. The summed E-state index contributed by atoms with van der Waals surface area (Å²) in [6, 6.07) is 4.58. The van der Waals surface area contributed by atoms with Crippen LogP contribution >= 0.6 is 0 Å². The first kappa shape index (κ1) is 15.2. The molecule has 1 aliphatic carbocycles. The molecule has 0 amide bonds. The maximum atomic E-state index is 5.47. The SMILES string of the molecule is CNC(c1cc(OC)c(OC)cc1C)C1(C)CCCC1. The quantitative estimate of drug-likeness (QED) is 0.886. The number of hydrogen-bond donors (Lipinski definition) is 1. The Bertz CT molecular complexity index is 464. The van der Waals surface area contributed by atoms with E-state index in [-0.39, 0.29) is 0 Å². The summed E-state index contributed by atoms with van der Waals surface area (Å²) < 4.78 is 10.9. The van der Waals surface area contributed by atoms with E-state index in [1.165, 1.54) is 36.8 Å². The molecule has 1 aromatic rings. The smallest absolute Gasteiger partial charge is 0.161 e. The van der Waals surface area contributed by atoms with Gasteiger partial charge in [0.15, 0.2) is 11.5 Å². The highest BCUT2D eigenvalue weighted by Crippen LogP contribution is 2.48. The van der Waals surface area contributed by atoms with Gasteiger partial charge in [-0.25, -0.2) is 0 Å². The Morgan fingerprint density at radius 1 is 1.10 bits per heavy atom. The predicted molar refractivity (Wildman–Crippen MR) is 82.7 cm³/mol. The van der Waals surface area contributed by atoms with Crippen LogP contribution < -0.4 is 14.8 Å². The average molecular weight is 277 g/mol. The summed E-state index contributed by atoms with van der Waals surface area (Å²) in [6.07, 6.45) is 5.24. The molecule has 1 saturated carbocycles. The zero-order valence-corrected chi connectivity index (χ0v) is 13.4. The number of benzene rings is 1. The summed E-state index contributed by atoms with van der Waals surface area (Å²) in [5, 5.41) is 3.53. The van der Waals surface area contributed by atoms with E-state index >= 15 is 0 Å². The summed E-state index contributed by atoms with van der Waals surface area (Å²) in [5.74, 6) is 1.62. The predicted octanol–water partition coefficient (Wildman–Crippen LogP) is 3.85. The summed E-state index contributed by atoms with van der Waals surface area (Å²) in [7, 11) is 5.44. The molecule has 2 rings (SSSR count). The van der Waals surface area contributed by atoms with Gasteiger partial charge < -0.3 is 14.8 Å². The van der Waals surface area contributed by atoms with Gasteiger partial charge in [0, 0.05) is 6.04 Å². The molecule has 0 aromatic heterocycles. The summed E-state index contributed by atoms with van der Waals surface area (Å²) in [6.45, 7) is 4.55. The second-order valence-electron chi connectivity index (χ2n) is 6.15. The Hall–Kier alpha value is -1.22. The van der Waals surface area contributed by atoms with E-state index in [0.717, 1.165) is 11.5 Å². The van der Waals surface area contributed by atoms with Gasteiger partial charge in [-0.15, -0.1) is 0 Å². The summed E-state index contributed by atoms with van der Waals surface area (Å²) in [4.78, 5) is 0. The lowest BCUT2D eigenvalue weighted by atomic mass is 9.76. The van der Waals surface area contributed by atoms with Crippen molar-refractivity contribution in [1.82, 2.24) is 5.32 Å². The van der Waals surface area contributed by atoms with E-state index in [4.69, 9.17) is 9.47 Å². The number of nitrogens with one attached hydrogen (secondary N) is 1. The van der Waals surface area contributed by atoms with Crippen molar-refractivity contribution in [3.63, 3.8) is 0 Å². The van der Waals surface area contributed by atoms with E-state index in [1.807, 2.05) is 0 Å². The molecule has 1 aromatic carbocycles. The monoisotopic (exact) mass is 277 g/mol. The van der Waals surface area contributed by atoms with Crippen molar-refractivity contribution in [3.8, 4) is 11.5 Å². The van der Waals surface area contributed by atoms with Gasteiger partial charge in [-0.05, 0) is 55.5 Å². The van der Waals surface area contributed by atoms with E-state index in [0.29, 0.717) is 11.5 Å². The largest absolute Gasteiger partial charge is 0.493 e. The first-order valence-corrected chi connectivity index (χ1v) is 7.45. The molecule has 0 saturated heterocycles. The molecule has 1 aliphatic rings. The van der Waals surface area contributed by atoms with Gasteiger partial charge in [0.05, 0.1) is 14.2 Å². The van der Waals surface area contributed by atoms with Gasteiger partial charge in [0.1, 0.15) is 0 Å². The highest BCUT2D eigenvalue weighted by molar-refractivity contribution is 5.48. The number of rotatable bonds is 5. The van der Waals surface area contributed by atoms with Crippen LogP contribution in [0.5, 0.6) is 11.5 Å². The van der Waals surface area contributed by atoms with Gasteiger partial charge >= 0.3 is 0 Å². The summed E-state index contributed by atoms with van der Waals surface area (Å²) in [5.41, 5.74) is 2.92. The molecule has 0 aliphatic heterocycles. The third kappa shape index (κ3) is 2.64. The average Bonchev–Trinajstić information content (AvgIpc) is 2.88. The molecular weight excluding hydrogens is 250 g/mol. The van der Waals surface area contributed by atoms with Crippen LogP contribution in [0.4, 0.5) is 0 Å². The standard InChI is InChI=1S/C17H27NO2/c1-12-10-14(19-4)15(20-5)11-13(12)16(18-3)17(2)8-6-7-9-17/h10-11,16,18H,6-9H2,1-5H3. The lowest BCUT2D eigenvalue weighted by Crippen LogP contribution is -2.32. The first-order valence-electron chi connectivity index (χ1n) is 7.45. The van der Waals surface area contributed by atoms with Gasteiger partial charge in [0.25, 0.3) is 0 Å². The van der Waals surface area contributed by atoms with E-state index in [1.54, 1.807) is 14.2 Å². The molecule has 1 atom stereocenters. The van der Waals surface area contributed by atoms with Crippen molar-refractivity contribution in [2.24, 2.45) is 5.41 Å². The van der Waals surface area contributed by atoms with E-state index < -0.39 is 0 Å². The second kappa shape index (κ2) is 6.04. The fraction of sp³-hybridized carbons (Fsp3) is 0.647. The van der Waals surface area contributed by atoms with Crippen LogP contribution in [0.1, 0.15) is 49.8 Å². The van der Waals surface area contributed by atoms with Crippen molar-refractivity contribution in [3.05, 3.63) is 23.3 Å². The molecule has 20 heavy (non-hydrogen) atoms. The zero-order chi connectivity index (χ0) is 14.8. The van der Waals surface area contributed by atoms with Crippen LogP contribution in [0.25, 0.3) is 0 Å². The van der Waals surface area contributed by atoms with Gasteiger partial charge in [-0.2, -0.15) is 0 Å². The molecule has 112 valence electrons. The fourth-order valence-electron chi connectivity index (χ4n) is 3.66. The highest BCUT2D eigenvalue weighted by atomic mass is 16.5. The van der Waals surface area contributed by atoms with Crippen molar-refractivity contribution in [2.45, 2.75) is 45.6 Å². The third-order valence-corrected chi connectivity index (χ3v) is 4.81. The first-order chi connectivity index (χ1) is 9.55. The molecule has 3 nitrogen and oxygen atoms in total. The minimum Gasteiger partial charge on any atom is -0.493 e. The minimum absolute atomic E-state index is 0.332. The van der Waals surface area contributed by atoms with Gasteiger partial charge in [-0.3, -0.25) is 0 Å². The fourth-order valence-corrected chi connectivity index (χ4v) is 3.66. The highest BCUT2D eigenvalue weighted by Gasteiger charge is 2.38. The Kier molecular flexibility index (Phi) is 4.59. The Balaban J connectivity index is 2.44. The lowest BCUT2D eigenvalue weighted by molar-refractivity contribution is 0.232. The van der Waals surface area contributed by atoms with Crippen LogP contribution in [-0.4, -0.2) is 21.3 Å². The molecule has 1 N–H and O–H groups in total. The minimum atomic E-state index is 0.332. The van der Waals surface area contributed by atoms with Crippen molar-refractivity contribution < 1.29 is 9.47 Å². The topological polar surface area (TPSA) is 30.5 Å². The zero-order valence-electron chi connectivity index (χ0n) is 13.4. The molecule has 1 unspecified atom stereocenters. The van der Waals surface area contributed by atoms with E-state index in [2.05, 4.69) is 38.3 Å². The van der Waals surface area contributed by atoms with Gasteiger partial charge in [-0.1, -0.05) is 19.8 Å². The van der Waals surface area contributed by atoms with Crippen LogP contribution in [0.2, 0.25) is 0 Å². The lowest BCUT2D eigenvalue weighted by Gasteiger charge is -2.35. The molecule has 0 radical (unpaired) electrons. The number of hydrogen-bond acceptors (Lipinski definition) is 3. The van der Waals surface area contributed by atoms with Crippen molar-refractivity contribution >= 4 is 0 Å². The van der Waals surface area contributed by atoms with Crippen molar-refractivity contribution in [1.29, 1.82) is 0 Å². The molecule has 0 bridgehead atoms. The molecule has 1 fully saturated rings. The Morgan fingerprint density at radius 2 is 1.65 bits per heavy atom. The Morgan fingerprint density at radius 3 is 2.15 bits per heavy atom. The number of aryl methyl sites for hydroxylation is 1. The van der Waals surface area contributed by atoms with E-state index in [9.17, 15) is 0 Å². The molecule has 0 spiro atoms. The number of methoxy groups -OCH3 is 2. The summed E-state index contributed by atoms with van der Waals surface area (Å²) >= 11 is 0. The molecule has 3 heteroatoms. The van der Waals surface area contributed by atoms with Crippen molar-refractivity contribution in [2.75, 3.05) is 21.3 Å².